The fourth-order valence-corrected chi connectivity index (χ4v) is 2.34. The summed E-state index contributed by atoms with van der Waals surface area (Å²) in [6.07, 6.45) is -0.988. The van der Waals surface area contributed by atoms with Gasteiger partial charge in [0.1, 0.15) is 0 Å². The molecule has 0 radical (unpaired) electrons. The third-order valence-electron chi connectivity index (χ3n) is 3.06. The molecule has 0 fully saturated rings. The fourth-order valence-electron chi connectivity index (χ4n) is 2.03. The minimum absolute atomic E-state index is 0.0874. The van der Waals surface area contributed by atoms with Gasteiger partial charge in [-0.05, 0) is 6.07 Å². The summed E-state index contributed by atoms with van der Waals surface area (Å²) < 4.78 is 31.5. The maximum Gasteiger partial charge on any atom is 0.263 e. The Morgan fingerprint density at radius 3 is 2.38 bits per heavy atom. The van der Waals surface area contributed by atoms with E-state index in [1.165, 1.54) is 12.1 Å². The molecule has 110 valence electrons. The number of alkyl halides is 3. The van der Waals surface area contributed by atoms with Crippen LogP contribution in [0.15, 0.2) is 67.3 Å². The van der Waals surface area contributed by atoms with Gasteiger partial charge < -0.3 is 4.74 Å². The highest BCUT2D eigenvalue weighted by molar-refractivity contribution is 6.25. The summed E-state index contributed by atoms with van der Waals surface area (Å²) in [6.45, 7) is 3.80. The summed E-state index contributed by atoms with van der Waals surface area (Å²) in [5, 5.41) is -1.32. The van der Waals surface area contributed by atoms with Gasteiger partial charge in [0.25, 0.3) is 6.43 Å². The minimum atomic E-state index is -2.55. The normalized spacial score (nSPS) is 13.9. The number of halogens is 3. The van der Waals surface area contributed by atoms with Crippen LogP contribution in [0.3, 0.4) is 0 Å². The average molecular weight is 309 g/mol. The monoisotopic (exact) mass is 308 g/mol. The molecular weight excluding hydrogens is 294 g/mol. The highest BCUT2D eigenvalue weighted by atomic mass is 35.5. The SMILES string of the molecule is C=CCOC(Cl)(c1ccccc1)c1cccc(C(F)F)c1. The van der Waals surface area contributed by atoms with Crippen molar-refractivity contribution in [2.45, 2.75) is 11.5 Å². The minimum Gasteiger partial charge on any atom is -0.347 e. The summed E-state index contributed by atoms with van der Waals surface area (Å²) in [5.41, 5.74) is 1.06. The predicted molar refractivity (Wildman–Crippen MR) is 80.6 cm³/mol. The number of rotatable bonds is 6. The van der Waals surface area contributed by atoms with Gasteiger partial charge in [0.2, 0.25) is 0 Å². The first-order chi connectivity index (χ1) is 10.1. The number of ether oxygens (including phenoxy) is 1. The molecule has 4 heteroatoms. The Labute approximate surface area is 127 Å². The van der Waals surface area contributed by atoms with E-state index in [2.05, 4.69) is 6.58 Å². The van der Waals surface area contributed by atoms with Crippen LogP contribution in [0.2, 0.25) is 0 Å². The van der Waals surface area contributed by atoms with Crippen molar-refractivity contribution in [3.05, 3.63) is 83.9 Å². The van der Waals surface area contributed by atoms with Crippen molar-refractivity contribution in [3.63, 3.8) is 0 Å². The first kappa shape index (κ1) is 15.7. The van der Waals surface area contributed by atoms with Crippen LogP contribution in [-0.4, -0.2) is 6.61 Å². The summed E-state index contributed by atoms with van der Waals surface area (Å²) in [6, 6.07) is 15.0. The topological polar surface area (TPSA) is 9.23 Å². The third-order valence-corrected chi connectivity index (χ3v) is 3.60. The molecule has 21 heavy (non-hydrogen) atoms. The van der Waals surface area contributed by atoms with Gasteiger partial charge in [0.05, 0.1) is 6.61 Å². The second-order valence-electron chi connectivity index (χ2n) is 4.49. The van der Waals surface area contributed by atoms with Crippen LogP contribution in [0.5, 0.6) is 0 Å². The smallest absolute Gasteiger partial charge is 0.263 e. The van der Waals surface area contributed by atoms with Crippen molar-refractivity contribution in [1.82, 2.24) is 0 Å². The summed E-state index contributed by atoms with van der Waals surface area (Å²) in [4.78, 5) is 0. The first-order valence-corrected chi connectivity index (χ1v) is 6.83. The van der Waals surface area contributed by atoms with E-state index >= 15 is 0 Å². The molecule has 0 aliphatic carbocycles. The number of hydrogen-bond acceptors (Lipinski definition) is 1. The first-order valence-electron chi connectivity index (χ1n) is 6.46. The second-order valence-corrected chi connectivity index (χ2v) is 5.02. The van der Waals surface area contributed by atoms with Gasteiger partial charge in [-0.15, -0.1) is 6.58 Å². The van der Waals surface area contributed by atoms with Gasteiger partial charge >= 0.3 is 0 Å². The Kier molecular flexibility index (Phi) is 5.10. The zero-order chi connectivity index (χ0) is 15.3. The van der Waals surface area contributed by atoms with Crippen LogP contribution in [0.1, 0.15) is 23.1 Å². The van der Waals surface area contributed by atoms with E-state index in [1.54, 1.807) is 30.3 Å². The van der Waals surface area contributed by atoms with E-state index in [0.717, 1.165) is 0 Å². The number of hydrogen-bond donors (Lipinski definition) is 0. The molecule has 2 aromatic carbocycles. The molecule has 0 heterocycles. The van der Waals surface area contributed by atoms with Crippen LogP contribution in [0.25, 0.3) is 0 Å². The third kappa shape index (κ3) is 3.49. The van der Waals surface area contributed by atoms with Gasteiger partial charge in [-0.2, -0.15) is 0 Å². The largest absolute Gasteiger partial charge is 0.347 e. The molecule has 2 aromatic rings. The van der Waals surface area contributed by atoms with Crippen molar-refractivity contribution in [2.24, 2.45) is 0 Å². The van der Waals surface area contributed by atoms with Gasteiger partial charge in [0.15, 0.2) is 5.06 Å². The van der Waals surface area contributed by atoms with Crippen LogP contribution >= 0.6 is 11.6 Å². The highest BCUT2D eigenvalue weighted by Gasteiger charge is 2.33. The fraction of sp³-hybridized carbons (Fsp3) is 0.176. The maximum atomic E-state index is 12.9. The predicted octanol–water partition coefficient (Wildman–Crippen LogP) is 5.27. The van der Waals surface area contributed by atoms with Crippen molar-refractivity contribution >= 4 is 11.6 Å². The molecule has 0 saturated carbocycles. The van der Waals surface area contributed by atoms with Gasteiger partial charge in [-0.3, -0.25) is 0 Å². The van der Waals surface area contributed by atoms with E-state index in [0.29, 0.717) is 11.1 Å². The Bertz CT molecular complexity index is 601. The molecule has 0 amide bonds. The lowest BCUT2D eigenvalue weighted by Crippen LogP contribution is -2.25. The van der Waals surface area contributed by atoms with Crippen LogP contribution in [-0.2, 0) is 9.80 Å². The Hall–Kier alpha value is -1.71. The van der Waals surface area contributed by atoms with Crippen LogP contribution in [0.4, 0.5) is 8.78 Å². The van der Waals surface area contributed by atoms with Crippen molar-refractivity contribution in [2.75, 3.05) is 6.61 Å². The zero-order valence-corrected chi connectivity index (χ0v) is 12.1. The molecule has 1 unspecified atom stereocenters. The van der Waals surface area contributed by atoms with E-state index in [9.17, 15) is 8.78 Å². The van der Waals surface area contributed by atoms with Gasteiger partial charge in [-0.1, -0.05) is 66.2 Å². The van der Waals surface area contributed by atoms with Gasteiger partial charge in [0, 0.05) is 16.7 Å². The Morgan fingerprint density at radius 2 is 1.76 bits per heavy atom. The van der Waals surface area contributed by atoms with Crippen LogP contribution in [0, 0.1) is 0 Å². The highest BCUT2D eigenvalue weighted by Crippen LogP contribution is 2.39. The average Bonchev–Trinajstić information content (AvgIpc) is 2.53. The molecule has 1 nitrogen and oxygen atoms in total. The van der Waals surface area contributed by atoms with E-state index < -0.39 is 11.5 Å². The molecule has 1 atom stereocenters. The van der Waals surface area contributed by atoms with Crippen molar-refractivity contribution in [1.29, 1.82) is 0 Å². The Balaban J connectivity index is 2.49. The quantitative estimate of drug-likeness (QED) is 0.522. The molecule has 0 N–H and O–H groups in total. The molecular formula is C17H15ClF2O. The van der Waals surface area contributed by atoms with E-state index in [-0.39, 0.29) is 12.2 Å². The van der Waals surface area contributed by atoms with Crippen molar-refractivity contribution in [3.8, 4) is 0 Å². The van der Waals surface area contributed by atoms with Crippen LogP contribution < -0.4 is 0 Å². The standard InChI is InChI=1S/C17H15ClF2O/c1-2-11-21-17(18,14-8-4-3-5-9-14)15-10-6-7-13(12-15)16(19)20/h2-10,12,16H,1,11H2. The lowest BCUT2D eigenvalue weighted by Gasteiger charge is -2.28. The molecule has 0 saturated heterocycles. The molecule has 2 rings (SSSR count). The number of benzene rings is 2. The Morgan fingerprint density at radius 1 is 1.10 bits per heavy atom. The van der Waals surface area contributed by atoms with E-state index in [4.69, 9.17) is 16.3 Å². The summed E-state index contributed by atoms with van der Waals surface area (Å²) in [7, 11) is 0. The van der Waals surface area contributed by atoms with E-state index in [1.807, 2.05) is 18.2 Å². The lowest BCUT2D eigenvalue weighted by atomic mass is 9.99. The second kappa shape index (κ2) is 6.83. The molecule has 0 aliphatic rings. The lowest BCUT2D eigenvalue weighted by molar-refractivity contribution is 0.0673. The maximum absolute atomic E-state index is 12.9. The molecule has 0 bridgehead atoms. The van der Waals surface area contributed by atoms with Gasteiger partial charge in [-0.25, -0.2) is 8.78 Å². The van der Waals surface area contributed by atoms with Crippen molar-refractivity contribution < 1.29 is 13.5 Å². The summed E-state index contributed by atoms with van der Waals surface area (Å²) in [5.74, 6) is 0. The molecule has 0 aromatic heterocycles. The molecule has 0 spiro atoms. The molecule has 0 aliphatic heterocycles. The zero-order valence-electron chi connectivity index (χ0n) is 11.3. The summed E-state index contributed by atoms with van der Waals surface area (Å²) >= 11 is 6.63.